The van der Waals surface area contributed by atoms with Gasteiger partial charge in [-0.15, -0.1) is 12.4 Å². The molecule has 1 atom stereocenters. The van der Waals surface area contributed by atoms with Gasteiger partial charge in [0.15, 0.2) is 0 Å². The maximum atomic E-state index is 12.2. The van der Waals surface area contributed by atoms with Crippen LogP contribution in [0, 0.1) is 5.92 Å². The minimum atomic E-state index is -0.570. The molecule has 0 saturated heterocycles. The van der Waals surface area contributed by atoms with Crippen LogP contribution in [0.15, 0.2) is 24.3 Å². The lowest BCUT2D eigenvalue weighted by Crippen LogP contribution is -2.48. The van der Waals surface area contributed by atoms with Crippen molar-refractivity contribution < 1.29 is 9.59 Å². The molecule has 4 N–H and O–H groups in total. The number of carbonyl (C=O) groups excluding carboxylic acids is 2. The fourth-order valence-corrected chi connectivity index (χ4v) is 1.99. The maximum Gasteiger partial charge on any atom is 0.251 e. The van der Waals surface area contributed by atoms with Crippen molar-refractivity contribution in [3.8, 4) is 0 Å². The molecule has 1 aromatic carbocycles. The fourth-order valence-electron chi connectivity index (χ4n) is 1.86. The van der Waals surface area contributed by atoms with Gasteiger partial charge in [0, 0.05) is 23.7 Å². The van der Waals surface area contributed by atoms with Crippen LogP contribution in [0.1, 0.15) is 30.6 Å². The zero-order chi connectivity index (χ0) is 15.8. The number of hydrogen-bond donors (Lipinski definition) is 3. The molecule has 124 valence electrons. The van der Waals surface area contributed by atoms with Crippen molar-refractivity contribution in [2.24, 2.45) is 11.7 Å². The molecule has 7 heteroatoms. The molecule has 0 aliphatic carbocycles. The highest BCUT2D eigenvalue weighted by atomic mass is 35.5. The number of nitrogens with one attached hydrogen (secondary N) is 2. The number of halogens is 2. The number of carbonyl (C=O) groups is 2. The van der Waals surface area contributed by atoms with Crippen LogP contribution in [0.2, 0.25) is 5.02 Å². The molecule has 22 heavy (non-hydrogen) atoms. The van der Waals surface area contributed by atoms with Crippen molar-refractivity contribution in [1.29, 1.82) is 0 Å². The molecule has 5 nitrogen and oxygen atoms in total. The maximum absolute atomic E-state index is 12.2. The lowest BCUT2D eigenvalue weighted by atomic mass is 10.0. The minimum absolute atomic E-state index is 0. The second-order valence-corrected chi connectivity index (χ2v) is 5.68. The summed E-state index contributed by atoms with van der Waals surface area (Å²) in [5, 5.41) is 6.02. The standard InChI is InChI=1S/C15H22ClN3O2.ClH/c1-10(2)9-13(15(21)18-8-7-17)19-14(20)11-3-5-12(16)6-4-11;/h3-6,10,13H,7-9,17H2,1-2H3,(H,18,21)(H,19,20);1H. The van der Waals surface area contributed by atoms with Crippen LogP contribution in [0.4, 0.5) is 0 Å². The third kappa shape index (κ3) is 7.11. The molecule has 0 aliphatic rings. The largest absolute Gasteiger partial charge is 0.353 e. The van der Waals surface area contributed by atoms with E-state index in [1.165, 1.54) is 0 Å². The summed E-state index contributed by atoms with van der Waals surface area (Å²) in [6.45, 7) is 4.75. The highest BCUT2D eigenvalue weighted by molar-refractivity contribution is 6.30. The molecule has 0 spiro atoms. The first-order valence-corrected chi connectivity index (χ1v) is 7.36. The van der Waals surface area contributed by atoms with Gasteiger partial charge in [0.05, 0.1) is 0 Å². The molecular formula is C15H23Cl2N3O2. The van der Waals surface area contributed by atoms with E-state index in [-0.39, 0.29) is 30.1 Å². The zero-order valence-electron chi connectivity index (χ0n) is 12.8. The third-order valence-electron chi connectivity index (χ3n) is 2.88. The Kier molecular flexibility index (Phi) is 9.81. The van der Waals surface area contributed by atoms with E-state index in [1.807, 2.05) is 13.8 Å². The van der Waals surface area contributed by atoms with E-state index in [1.54, 1.807) is 24.3 Å². The fraction of sp³-hybridized carbons (Fsp3) is 0.467. The number of rotatable bonds is 7. The second-order valence-electron chi connectivity index (χ2n) is 5.24. The van der Waals surface area contributed by atoms with Crippen molar-refractivity contribution in [3.05, 3.63) is 34.9 Å². The van der Waals surface area contributed by atoms with Crippen LogP contribution < -0.4 is 16.4 Å². The molecule has 1 aromatic rings. The normalized spacial score (nSPS) is 11.5. The summed E-state index contributed by atoms with van der Waals surface area (Å²) in [6.07, 6.45) is 0.565. The van der Waals surface area contributed by atoms with E-state index in [2.05, 4.69) is 10.6 Å². The van der Waals surface area contributed by atoms with Crippen molar-refractivity contribution in [2.75, 3.05) is 13.1 Å². The first-order valence-electron chi connectivity index (χ1n) is 6.98. The predicted octanol–water partition coefficient (Wildman–Crippen LogP) is 1.98. The lowest BCUT2D eigenvalue weighted by molar-refractivity contribution is -0.123. The topological polar surface area (TPSA) is 84.2 Å². The summed E-state index contributed by atoms with van der Waals surface area (Å²) in [7, 11) is 0. The summed E-state index contributed by atoms with van der Waals surface area (Å²) >= 11 is 5.79. The van der Waals surface area contributed by atoms with Crippen molar-refractivity contribution in [1.82, 2.24) is 10.6 Å². The second kappa shape index (κ2) is 10.4. The van der Waals surface area contributed by atoms with Crippen molar-refractivity contribution >= 4 is 35.8 Å². The van der Waals surface area contributed by atoms with Gasteiger partial charge in [0.25, 0.3) is 5.91 Å². The zero-order valence-corrected chi connectivity index (χ0v) is 14.3. The van der Waals surface area contributed by atoms with E-state index in [9.17, 15) is 9.59 Å². The first kappa shape index (κ1) is 20.7. The molecule has 2 amide bonds. The summed E-state index contributed by atoms with van der Waals surface area (Å²) in [5.41, 5.74) is 5.84. The van der Waals surface area contributed by atoms with Gasteiger partial charge in [-0.2, -0.15) is 0 Å². The summed E-state index contributed by atoms with van der Waals surface area (Å²) in [4.78, 5) is 24.2. The number of amides is 2. The van der Waals surface area contributed by atoms with E-state index >= 15 is 0 Å². The summed E-state index contributed by atoms with van der Waals surface area (Å²) in [5.74, 6) is -0.221. The van der Waals surface area contributed by atoms with Crippen molar-refractivity contribution in [3.63, 3.8) is 0 Å². The third-order valence-corrected chi connectivity index (χ3v) is 3.13. The van der Waals surface area contributed by atoms with Crippen molar-refractivity contribution in [2.45, 2.75) is 26.3 Å². The molecule has 0 aliphatic heterocycles. The Bertz CT molecular complexity index is 478. The van der Waals surface area contributed by atoms with Crippen LogP contribution >= 0.6 is 24.0 Å². The molecule has 0 fully saturated rings. The van der Waals surface area contributed by atoms with Gasteiger partial charge in [-0.25, -0.2) is 0 Å². The summed E-state index contributed by atoms with van der Waals surface area (Å²) in [6, 6.07) is 5.97. The van der Waals surface area contributed by atoms with Crippen LogP contribution in [0.5, 0.6) is 0 Å². The van der Waals surface area contributed by atoms with Crippen LogP contribution in [-0.2, 0) is 4.79 Å². The van der Waals surface area contributed by atoms with Gasteiger partial charge in [0.1, 0.15) is 6.04 Å². The van der Waals surface area contributed by atoms with Gasteiger partial charge in [-0.3, -0.25) is 9.59 Å². The lowest BCUT2D eigenvalue weighted by Gasteiger charge is -2.20. The van der Waals surface area contributed by atoms with Gasteiger partial charge < -0.3 is 16.4 Å². The molecule has 1 rings (SSSR count). The Morgan fingerprint density at radius 2 is 1.82 bits per heavy atom. The van der Waals surface area contributed by atoms with E-state index in [4.69, 9.17) is 17.3 Å². The number of nitrogens with two attached hydrogens (primary N) is 1. The quantitative estimate of drug-likeness (QED) is 0.705. The highest BCUT2D eigenvalue weighted by Gasteiger charge is 2.22. The smallest absolute Gasteiger partial charge is 0.251 e. The van der Waals surface area contributed by atoms with Gasteiger partial charge >= 0.3 is 0 Å². The Morgan fingerprint density at radius 3 is 2.32 bits per heavy atom. The molecule has 0 saturated carbocycles. The molecule has 0 aromatic heterocycles. The van der Waals surface area contributed by atoms with E-state index in [0.717, 1.165) is 0 Å². The van der Waals surface area contributed by atoms with E-state index in [0.29, 0.717) is 30.1 Å². The van der Waals surface area contributed by atoms with Crippen LogP contribution in [0.3, 0.4) is 0 Å². The number of hydrogen-bond acceptors (Lipinski definition) is 3. The SMILES string of the molecule is CC(C)CC(NC(=O)c1ccc(Cl)cc1)C(=O)NCCN.Cl. The average Bonchev–Trinajstić information content (AvgIpc) is 2.44. The Balaban J connectivity index is 0.00000441. The van der Waals surface area contributed by atoms with Crippen LogP contribution in [0.25, 0.3) is 0 Å². The molecule has 0 bridgehead atoms. The molecule has 0 heterocycles. The Labute approximate surface area is 142 Å². The Morgan fingerprint density at radius 1 is 1.23 bits per heavy atom. The predicted molar refractivity (Wildman–Crippen MR) is 91.5 cm³/mol. The van der Waals surface area contributed by atoms with Gasteiger partial charge in [-0.1, -0.05) is 25.4 Å². The Hall–Kier alpha value is -1.30. The van der Waals surface area contributed by atoms with Gasteiger partial charge in [0.2, 0.25) is 5.91 Å². The number of benzene rings is 1. The molecule has 1 unspecified atom stereocenters. The molecular weight excluding hydrogens is 325 g/mol. The highest BCUT2D eigenvalue weighted by Crippen LogP contribution is 2.11. The summed E-state index contributed by atoms with van der Waals surface area (Å²) < 4.78 is 0. The monoisotopic (exact) mass is 347 g/mol. The average molecular weight is 348 g/mol. The first-order chi connectivity index (χ1) is 9.93. The van der Waals surface area contributed by atoms with Gasteiger partial charge in [-0.05, 0) is 36.6 Å². The molecule has 0 radical (unpaired) electrons. The van der Waals surface area contributed by atoms with Crippen LogP contribution in [-0.4, -0.2) is 30.9 Å². The van der Waals surface area contributed by atoms with E-state index < -0.39 is 6.04 Å². The minimum Gasteiger partial charge on any atom is -0.353 e.